The maximum atomic E-state index is 12.4. The SMILES string of the molecule is CCOc1cccc(CNC(=O)[C@H](C)Oc2cccc3c2CCCC3)c1. The summed E-state index contributed by atoms with van der Waals surface area (Å²) in [4.78, 5) is 12.4. The van der Waals surface area contributed by atoms with Crippen molar-refractivity contribution in [2.75, 3.05) is 6.61 Å². The second-order valence-electron chi connectivity index (χ2n) is 6.66. The third-order valence-electron chi connectivity index (χ3n) is 4.70. The lowest BCUT2D eigenvalue weighted by atomic mass is 9.91. The van der Waals surface area contributed by atoms with Crippen molar-refractivity contribution in [3.63, 3.8) is 0 Å². The zero-order valence-electron chi connectivity index (χ0n) is 15.6. The molecule has 0 fully saturated rings. The van der Waals surface area contributed by atoms with Crippen molar-refractivity contribution in [2.24, 2.45) is 0 Å². The van der Waals surface area contributed by atoms with Gasteiger partial charge in [0.15, 0.2) is 6.10 Å². The van der Waals surface area contributed by atoms with E-state index in [0.717, 1.165) is 29.9 Å². The van der Waals surface area contributed by atoms with Gasteiger partial charge in [-0.15, -0.1) is 0 Å². The molecule has 26 heavy (non-hydrogen) atoms. The predicted octanol–water partition coefficient (Wildman–Crippen LogP) is 4.05. The van der Waals surface area contributed by atoms with E-state index in [0.29, 0.717) is 13.2 Å². The molecule has 0 saturated carbocycles. The van der Waals surface area contributed by atoms with Gasteiger partial charge in [-0.1, -0.05) is 24.3 Å². The Balaban J connectivity index is 1.58. The smallest absolute Gasteiger partial charge is 0.261 e. The summed E-state index contributed by atoms with van der Waals surface area (Å²) >= 11 is 0. The number of carbonyl (C=O) groups is 1. The molecule has 0 spiro atoms. The molecule has 1 N–H and O–H groups in total. The molecule has 4 heteroatoms. The lowest BCUT2D eigenvalue weighted by Crippen LogP contribution is -2.36. The molecule has 1 aliphatic rings. The second kappa shape index (κ2) is 8.75. The summed E-state index contributed by atoms with van der Waals surface area (Å²) in [7, 11) is 0. The van der Waals surface area contributed by atoms with Crippen LogP contribution in [0, 0.1) is 0 Å². The van der Waals surface area contributed by atoms with Gasteiger partial charge in [-0.3, -0.25) is 4.79 Å². The minimum atomic E-state index is -0.529. The molecule has 1 aliphatic carbocycles. The third kappa shape index (κ3) is 4.57. The molecule has 1 atom stereocenters. The molecule has 0 saturated heterocycles. The van der Waals surface area contributed by atoms with Gasteiger partial charge in [-0.25, -0.2) is 0 Å². The van der Waals surface area contributed by atoms with Crippen LogP contribution >= 0.6 is 0 Å². The van der Waals surface area contributed by atoms with Crippen LogP contribution in [0.1, 0.15) is 43.4 Å². The van der Waals surface area contributed by atoms with Crippen molar-refractivity contribution in [1.82, 2.24) is 5.32 Å². The number of aryl methyl sites for hydroxylation is 1. The minimum Gasteiger partial charge on any atom is -0.494 e. The molecule has 3 rings (SSSR count). The first-order chi connectivity index (χ1) is 12.7. The normalized spacial score (nSPS) is 14.2. The summed E-state index contributed by atoms with van der Waals surface area (Å²) in [6.07, 6.45) is 4.02. The quantitative estimate of drug-likeness (QED) is 0.817. The fourth-order valence-electron chi connectivity index (χ4n) is 3.35. The van der Waals surface area contributed by atoms with Crippen molar-refractivity contribution in [3.05, 3.63) is 59.2 Å². The van der Waals surface area contributed by atoms with Gasteiger partial charge in [-0.05, 0) is 74.4 Å². The molecule has 0 unspecified atom stereocenters. The fraction of sp³-hybridized carbons (Fsp3) is 0.409. The molecule has 4 nitrogen and oxygen atoms in total. The molecule has 2 aromatic carbocycles. The number of fused-ring (bicyclic) bond motifs is 1. The van der Waals surface area contributed by atoms with E-state index in [1.165, 1.54) is 24.0 Å². The second-order valence-corrected chi connectivity index (χ2v) is 6.66. The number of hydrogen-bond acceptors (Lipinski definition) is 3. The van der Waals surface area contributed by atoms with Crippen molar-refractivity contribution in [3.8, 4) is 11.5 Å². The number of hydrogen-bond donors (Lipinski definition) is 1. The van der Waals surface area contributed by atoms with E-state index in [1.807, 2.05) is 43.3 Å². The predicted molar refractivity (Wildman–Crippen MR) is 103 cm³/mol. The highest BCUT2D eigenvalue weighted by atomic mass is 16.5. The van der Waals surface area contributed by atoms with Crippen LogP contribution < -0.4 is 14.8 Å². The van der Waals surface area contributed by atoms with Crippen LogP contribution in [0.5, 0.6) is 11.5 Å². The van der Waals surface area contributed by atoms with Crippen LogP contribution in [0.3, 0.4) is 0 Å². The number of carbonyl (C=O) groups excluding carboxylic acids is 1. The Morgan fingerprint density at radius 3 is 2.81 bits per heavy atom. The summed E-state index contributed by atoms with van der Waals surface area (Å²) in [6, 6.07) is 13.9. The van der Waals surface area contributed by atoms with E-state index in [2.05, 4.69) is 11.4 Å². The standard InChI is InChI=1S/C22H27NO3/c1-3-25-19-11-6-8-17(14-19)15-23-22(24)16(2)26-21-13-7-10-18-9-4-5-12-20(18)21/h6-8,10-11,13-14,16H,3-5,9,12,15H2,1-2H3,(H,23,24)/t16-/m0/s1. The Labute approximate surface area is 155 Å². The molecular formula is C22H27NO3. The monoisotopic (exact) mass is 353 g/mol. The average molecular weight is 353 g/mol. The van der Waals surface area contributed by atoms with Gasteiger partial charge in [0, 0.05) is 6.54 Å². The zero-order valence-corrected chi connectivity index (χ0v) is 15.6. The van der Waals surface area contributed by atoms with Crippen molar-refractivity contribution in [2.45, 2.75) is 52.2 Å². The van der Waals surface area contributed by atoms with Crippen LogP contribution in [0.4, 0.5) is 0 Å². The Morgan fingerprint density at radius 1 is 1.15 bits per heavy atom. The van der Waals surface area contributed by atoms with Crippen LogP contribution in [0.2, 0.25) is 0 Å². The van der Waals surface area contributed by atoms with E-state index in [1.54, 1.807) is 6.92 Å². The van der Waals surface area contributed by atoms with Gasteiger partial charge in [0.05, 0.1) is 6.61 Å². The molecule has 0 aliphatic heterocycles. The summed E-state index contributed by atoms with van der Waals surface area (Å²) in [6.45, 7) is 4.84. The number of ether oxygens (including phenoxy) is 2. The number of amides is 1. The van der Waals surface area contributed by atoms with Gasteiger partial charge in [0.25, 0.3) is 5.91 Å². The lowest BCUT2D eigenvalue weighted by Gasteiger charge is -2.22. The Kier molecular flexibility index (Phi) is 6.16. The Hall–Kier alpha value is -2.49. The highest BCUT2D eigenvalue weighted by Gasteiger charge is 2.19. The van der Waals surface area contributed by atoms with E-state index in [-0.39, 0.29) is 5.91 Å². The molecule has 0 heterocycles. The first kappa shape index (κ1) is 18.3. The largest absolute Gasteiger partial charge is 0.494 e. The Bertz CT molecular complexity index is 757. The molecule has 2 aromatic rings. The molecule has 0 radical (unpaired) electrons. The lowest BCUT2D eigenvalue weighted by molar-refractivity contribution is -0.127. The van der Waals surface area contributed by atoms with E-state index in [4.69, 9.17) is 9.47 Å². The summed E-state index contributed by atoms with van der Waals surface area (Å²) in [5, 5.41) is 2.95. The molecule has 0 bridgehead atoms. The van der Waals surface area contributed by atoms with Gasteiger partial charge in [0.2, 0.25) is 0 Å². The zero-order chi connectivity index (χ0) is 18.4. The van der Waals surface area contributed by atoms with Crippen molar-refractivity contribution < 1.29 is 14.3 Å². The summed E-state index contributed by atoms with van der Waals surface area (Å²) in [5.41, 5.74) is 3.63. The van der Waals surface area contributed by atoms with E-state index >= 15 is 0 Å². The highest BCUT2D eigenvalue weighted by Crippen LogP contribution is 2.30. The minimum absolute atomic E-state index is 0.111. The van der Waals surface area contributed by atoms with Crippen molar-refractivity contribution >= 4 is 5.91 Å². The third-order valence-corrected chi connectivity index (χ3v) is 4.70. The molecule has 1 amide bonds. The topological polar surface area (TPSA) is 47.6 Å². The average Bonchev–Trinajstić information content (AvgIpc) is 2.67. The van der Waals surface area contributed by atoms with E-state index < -0.39 is 6.10 Å². The maximum Gasteiger partial charge on any atom is 0.261 e. The first-order valence-corrected chi connectivity index (χ1v) is 9.44. The highest BCUT2D eigenvalue weighted by molar-refractivity contribution is 5.80. The van der Waals surface area contributed by atoms with E-state index in [9.17, 15) is 4.79 Å². The van der Waals surface area contributed by atoms with Gasteiger partial charge < -0.3 is 14.8 Å². The van der Waals surface area contributed by atoms with Crippen LogP contribution in [-0.4, -0.2) is 18.6 Å². The van der Waals surface area contributed by atoms with Gasteiger partial charge in [-0.2, -0.15) is 0 Å². The summed E-state index contributed by atoms with van der Waals surface area (Å²) < 4.78 is 11.5. The molecule has 138 valence electrons. The van der Waals surface area contributed by atoms with Crippen molar-refractivity contribution in [1.29, 1.82) is 0 Å². The van der Waals surface area contributed by atoms with Gasteiger partial charge in [0.1, 0.15) is 11.5 Å². The number of rotatable bonds is 7. The Morgan fingerprint density at radius 2 is 1.96 bits per heavy atom. The number of nitrogens with one attached hydrogen (secondary N) is 1. The maximum absolute atomic E-state index is 12.4. The summed E-state index contributed by atoms with van der Waals surface area (Å²) in [5.74, 6) is 1.56. The van der Waals surface area contributed by atoms with Crippen LogP contribution in [0.25, 0.3) is 0 Å². The first-order valence-electron chi connectivity index (χ1n) is 9.44. The number of benzene rings is 2. The fourth-order valence-corrected chi connectivity index (χ4v) is 3.35. The van der Waals surface area contributed by atoms with Crippen LogP contribution in [0.15, 0.2) is 42.5 Å². The van der Waals surface area contributed by atoms with Gasteiger partial charge >= 0.3 is 0 Å². The molecular weight excluding hydrogens is 326 g/mol. The van der Waals surface area contributed by atoms with Crippen LogP contribution in [-0.2, 0) is 24.2 Å². The molecule has 0 aromatic heterocycles.